The molecule has 12 heteroatoms. The van der Waals surface area contributed by atoms with Gasteiger partial charge in [0.15, 0.2) is 0 Å². The number of amides is 2. The predicted molar refractivity (Wildman–Crippen MR) is 105 cm³/mol. The zero-order valence-electron chi connectivity index (χ0n) is 15.2. The average molecular weight is 441 g/mol. The maximum atomic E-state index is 12.2. The number of nitrogens with two attached hydrogens (primary N) is 2. The van der Waals surface area contributed by atoms with E-state index in [1.807, 2.05) is 0 Å². The van der Waals surface area contributed by atoms with Crippen LogP contribution in [0.5, 0.6) is 0 Å². The Morgan fingerprint density at radius 1 is 0.655 bits per heavy atom. The van der Waals surface area contributed by atoms with Gasteiger partial charge in [0.1, 0.15) is 0 Å². The first-order chi connectivity index (χ1) is 13.5. The molecule has 0 bridgehead atoms. The van der Waals surface area contributed by atoms with Gasteiger partial charge in [-0.2, -0.15) is 0 Å². The minimum absolute atomic E-state index is 0.0109. The third-order valence-corrected chi connectivity index (χ3v) is 6.79. The lowest BCUT2D eigenvalue weighted by atomic mass is 10.2. The molecule has 0 saturated heterocycles. The monoisotopic (exact) mass is 440 g/mol. The highest BCUT2D eigenvalue weighted by Crippen LogP contribution is 2.11. The van der Waals surface area contributed by atoms with E-state index >= 15 is 0 Å². The van der Waals surface area contributed by atoms with Crippen LogP contribution in [0, 0.1) is 0 Å². The molecule has 0 unspecified atom stereocenters. The summed E-state index contributed by atoms with van der Waals surface area (Å²) >= 11 is 0. The topological polar surface area (TPSA) is 179 Å². The van der Waals surface area contributed by atoms with Crippen molar-refractivity contribution in [3.8, 4) is 0 Å². The molecule has 0 aliphatic rings. The zero-order valence-corrected chi connectivity index (χ0v) is 16.8. The van der Waals surface area contributed by atoms with Crippen LogP contribution in [0.25, 0.3) is 0 Å². The molecule has 2 rings (SSSR count). The minimum Gasteiger partial charge on any atom is -0.366 e. The van der Waals surface area contributed by atoms with Gasteiger partial charge in [-0.05, 0) is 55.0 Å². The minimum atomic E-state index is -3.81. The van der Waals surface area contributed by atoms with Crippen molar-refractivity contribution in [2.24, 2.45) is 11.5 Å². The van der Waals surface area contributed by atoms with E-state index in [0.29, 0.717) is 0 Å². The summed E-state index contributed by atoms with van der Waals surface area (Å²) in [5.74, 6) is -1.34. The summed E-state index contributed by atoms with van der Waals surface area (Å²) in [5.41, 5.74) is 10.6. The molecule has 0 atom stereocenters. The van der Waals surface area contributed by atoms with Crippen LogP contribution in [0.3, 0.4) is 0 Å². The Bertz CT molecular complexity index is 1010. The van der Waals surface area contributed by atoms with Crippen LogP contribution in [-0.4, -0.2) is 41.7 Å². The third-order valence-electron chi connectivity index (χ3n) is 3.84. The average Bonchev–Trinajstić information content (AvgIpc) is 2.67. The van der Waals surface area contributed by atoms with E-state index in [-0.39, 0.29) is 40.4 Å². The van der Waals surface area contributed by atoms with Gasteiger partial charge in [-0.1, -0.05) is 0 Å². The molecule has 0 spiro atoms. The second-order valence-electron chi connectivity index (χ2n) is 5.93. The molecule has 2 amide bonds. The number of sulfonamides is 2. The van der Waals surface area contributed by atoms with Gasteiger partial charge in [0.25, 0.3) is 0 Å². The first-order valence-corrected chi connectivity index (χ1v) is 11.3. The normalized spacial score (nSPS) is 11.9. The third kappa shape index (κ3) is 6.09. The van der Waals surface area contributed by atoms with E-state index in [1.165, 1.54) is 48.5 Å². The largest absolute Gasteiger partial charge is 0.366 e. The predicted octanol–water partition coefficient (Wildman–Crippen LogP) is -0.469. The molecule has 0 fully saturated rings. The number of hydrogen-bond acceptors (Lipinski definition) is 6. The lowest BCUT2D eigenvalue weighted by Gasteiger charge is -2.09. The molecule has 2 aromatic rings. The van der Waals surface area contributed by atoms with Gasteiger partial charge in [-0.15, -0.1) is 0 Å². The number of carbonyl (C=O) groups is 2. The summed E-state index contributed by atoms with van der Waals surface area (Å²) in [4.78, 5) is 21.9. The highest BCUT2D eigenvalue weighted by atomic mass is 32.2. The van der Waals surface area contributed by atoms with Crippen molar-refractivity contribution in [3.63, 3.8) is 0 Å². The molecule has 10 nitrogen and oxygen atoms in total. The van der Waals surface area contributed by atoms with Crippen LogP contribution >= 0.6 is 0 Å². The molecular formula is C17H20N4O6S2. The Hall–Kier alpha value is -2.80. The van der Waals surface area contributed by atoms with Crippen LogP contribution in [0.2, 0.25) is 0 Å². The Morgan fingerprint density at radius 3 is 1.24 bits per heavy atom. The van der Waals surface area contributed by atoms with Crippen molar-refractivity contribution < 1.29 is 26.4 Å². The summed E-state index contributed by atoms with van der Waals surface area (Å²) in [6.07, 6.45) is 0.192. The first-order valence-electron chi connectivity index (χ1n) is 8.32. The van der Waals surface area contributed by atoms with E-state index in [4.69, 9.17) is 11.5 Å². The van der Waals surface area contributed by atoms with E-state index in [1.54, 1.807) is 0 Å². The SMILES string of the molecule is NC(=O)c1ccc(S(=O)(=O)NCCCNS(=O)(=O)c2ccc(C(N)=O)cc2)cc1. The quantitative estimate of drug-likeness (QED) is 0.363. The molecule has 6 N–H and O–H groups in total. The van der Waals surface area contributed by atoms with Crippen LogP contribution in [0.4, 0.5) is 0 Å². The van der Waals surface area contributed by atoms with Crippen LogP contribution in [-0.2, 0) is 20.0 Å². The van der Waals surface area contributed by atoms with Crippen LogP contribution < -0.4 is 20.9 Å². The zero-order chi connectivity index (χ0) is 21.7. The maximum absolute atomic E-state index is 12.2. The molecule has 0 aliphatic carbocycles. The number of benzene rings is 2. The maximum Gasteiger partial charge on any atom is 0.248 e. The fraction of sp³-hybridized carbons (Fsp3) is 0.176. The summed E-state index contributed by atoms with van der Waals surface area (Å²) in [7, 11) is -7.61. The Balaban J connectivity index is 1.86. The van der Waals surface area contributed by atoms with Crippen LogP contribution in [0.1, 0.15) is 27.1 Å². The second kappa shape index (κ2) is 9.13. The van der Waals surface area contributed by atoms with Gasteiger partial charge in [-0.3, -0.25) is 9.59 Å². The first kappa shape index (κ1) is 22.5. The summed E-state index contributed by atoms with van der Waals surface area (Å²) in [6.45, 7) is -0.0218. The lowest BCUT2D eigenvalue weighted by Crippen LogP contribution is -2.30. The van der Waals surface area contributed by atoms with Crippen molar-refractivity contribution in [2.75, 3.05) is 13.1 Å². The fourth-order valence-corrected chi connectivity index (χ4v) is 4.41. The molecular weight excluding hydrogens is 420 g/mol. The van der Waals surface area contributed by atoms with Gasteiger partial charge >= 0.3 is 0 Å². The molecule has 156 valence electrons. The molecule has 2 aromatic carbocycles. The molecule has 0 aromatic heterocycles. The van der Waals surface area contributed by atoms with Crippen molar-refractivity contribution in [1.29, 1.82) is 0 Å². The molecule has 29 heavy (non-hydrogen) atoms. The second-order valence-corrected chi connectivity index (χ2v) is 9.46. The smallest absolute Gasteiger partial charge is 0.248 e. The van der Waals surface area contributed by atoms with Gasteiger partial charge in [0, 0.05) is 24.2 Å². The number of carbonyl (C=O) groups excluding carboxylic acids is 2. The Labute approximate surface area is 168 Å². The standard InChI is InChI=1S/C17H20N4O6S2/c18-16(22)12-2-6-14(7-3-12)28(24,25)20-10-1-11-21-29(26,27)15-8-4-13(5-9-15)17(19)23/h2-9,20-21H,1,10-11H2,(H2,18,22)(H2,19,23). The van der Waals surface area contributed by atoms with Gasteiger partial charge in [-0.25, -0.2) is 26.3 Å². The van der Waals surface area contributed by atoms with Gasteiger partial charge in [0.2, 0.25) is 31.9 Å². The van der Waals surface area contributed by atoms with E-state index in [0.717, 1.165) is 0 Å². The van der Waals surface area contributed by atoms with Crippen molar-refractivity contribution in [1.82, 2.24) is 9.44 Å². The number of rotatable bonds is 10. The molecule has 0 heterocycles. The summed E-state index contributed by atoms with van der Waals surface area (Å²) in [5, 5.41) is 0. The highest BCUT2D eigenvalue weighted by molar-refractivity contribution is 7.89. The lowest BCUT2D eigenvalue weighted by molar-refractivity contribution is 0.0992. The van der Waals surface area contributed by atoms with E-state index in [2.05, 4.69) is 9.44 Å². The van der Waals surface area contributed by atoms with E-state index < -0.39 is 31.9 Å². The number of nitrogens with one attached hydrogen (secondary N) is 2. The van der Waals surface area contributed by atoms with Crippen LogP contribution in [0.15, 0.2) is 58.3 Å². The summed E-state index contributed by atoms with van der Waals surface area (Å²) < 4.78 is 53.4. The molecule has 0 saturated carbocycles. The summed E-state index contributed by atoms with van der Waals surface area (Å²) in [6, 6.07) is 10.2. The van der Waals surface area contributed by atoms with Crippen molar-refractivity contribution in [3.05, 3.63) is 59.7 Å². The molecule has 0 radical (unpaired) electrons. The highest BCUT2D eigenvalue weighted by Gasteiger charge is 2.16. The van der Waals surface area contributed by atoms with Crippen molar-refractivity contribution >= 4 is 31.9 Å². The Kier molecular flexibility index (Phi) is 7.08. The Morgan fingerprint density at radius 2 is 0.966 bits per heavy atom. The number of primary amides is 2. The van der Waals surface area contributed by atoms with Crippen molar-refractivity contribution in [2.45, 2.75) is 16.2 Å². The number of hydrogen-bond donors (Lipinski definition) is 4. The fourth-order valence-electron chi connectivity index (χ4n) is 2.26. The van der Waals surface area contributed by atoms with Gasteiger partial charge in [0.05, 0.1) is 9.79 Å². The van der Waals surface area contributed by atoms with Gasteiger partial charge < -0.3 is 11.5 Å². The van der Waals surface area contributed by atoms with E-state index in [9.17, 15) is 26.4 Å². The molecule has 0 aliphatic heterocycles.